The molecule has 2 aromatic rings. The predicted octanol–water partition coefficient (Wildman–Crippen LogP) is 2.22. The molecule has 0 atom stereocenters. The molecule has 0 aliphatic heterocycles. The zero-order valence-corrected chi connectivity index (χ0v) is 9.16. The monoisotopic (exact) mass is 202 g/mol. The highest BCUT2D eigenvalue weighted by atomic mass is 16.1. The second-order valence-electron chi connectivity index (χ2n) is 4.68. The SMILES string of the molecule is CC(C)(C)c1cccc2nc[nH]c(=O)c12. The maximum atomic E-state index is 11.8. The van der Waals surface area contributed by atoms with Gasteiger partial charge >= 0.3 is 0 Å². The Morgan fingerprint density at radius 2 is 2.00 bits per heavy atom. The average molecular weight is 202 g/mol. The smallest absolute Gasteiger partial charge is 0.258 e. The molecule has 3 nitrogen and oxygen atoms in total. The van der Waals surface area contributed by atoms with Gasteiger partial charge in [0.05, 0.1) is 17.2 Å². The Bertz CT molecular complexity index is 544. The van der Waals surface area contributed by atoms with Crippen molar-refractivity contribution in [2.75, 3.05) is 0 Å². The predicted molar refractivity (Wildman–Crippen MR) is 61.1 cm³/mol. The Labute approximate surface area is 88.2 Å². The molecular weight excluding hydrogens is 188 g/mol. The average Bonchev–Trinajstić information content (AvgIpc) is 2.16. The molecule has 0 radical (unpaired) electrons. The van der Waals surface area contributed by atoms with Crippen LogP contribution in [0.4, 0.5) is 0 Å². The van der Waals surface area contributed by atoms with E-state index in [2.05, 4.69) is 30.7 Å². The van der Waals surface area contributed by atoms with Crippen LogP contribution in [-0.4, -0.2) is 9.97 Å². The lowest BCUT2D eigenvalue weighted by molar-refractivity contribution is 0.595. The number of aromatic nitrogens is 2. The maximum Gasteiger partial charge on any atom is 0.258 e. The number of fused-ring (bicyclic) bond motifs is 1. The van der Waals surface area contributed by atoms with Gasteiger partial charge in [-0.1, -0.05) is 32.9 Å². The molecule has 0 saturated heterocycles. The molecule has 0 aliphatic rings. The van der Waals surface area contributed by atoms with Gasteiger partial charge in [0, 0.05) is 0 Å². The normalized spacial score (nSPS) is 11.9. The molecule has 0 spiro atoms. The number of nitrogens with zero attached hydrogens (tertiary/aromatic N) is 1. The summed E-state index contributed by atoms with van der Waals surface area (Å²) in [7, 11) is 0. The summed E-state index contributed by atoms with van der Waals surface area (Å²) in [5.41, 5.74) is 1.68. The summed E-state index contributed by atoms with van der Waals surface area (Å²) in [6.07, 6.45) is 1.44. The van der Waals surface area contributed by atoms with Crippen LogP contribution in [0.3, 0.4) is 0 Å². The van der Waals surface area contributed by atoms with E-state index in [-0.39, 0.29) is 11.0 Å². The molecule has 1 heterocycles. The minimum Gasteiger partial charge on any atom is -0.313 e. The van der Waals surface area contributed by atoms with Crippen LogP contribution >= 0.6 is 0 Å². The molecule has 3 heteroatoms. The van der Waals surface area contributed by atoms with Gasteiger partial charge in [0.15, 0.2) is 0 Å². The minimum atomic E-state index is -0.0643. The zero-order valence-electron chi connectivity index (χ0n) is 9.16. The number of benzene rings is 1. The summed E-state index contributed by atoms with van der Waals surface area (Å²) >= 11 is 0. The van der Waals surface area contributed by atoms with Crippen LogP contribution < -0.4 is 5.56 Å². The van der Waals surface area contributed by atoms with Crippen LogP contribution in [-0.2, 0) is 5.41 Å². The first-order valence-electron chi connectivity index (χ1n) is 4.97. The van der Waals surface area contributed by atoms with Gasteiger partial charge in [-0.3, -0.25) is 4.79 Å². The summed E-state index contributed by atoms with van der Waals surface area (Å²) in [6.45, 7) is 6.27. The quantitative estimate of drug-likeness (QED) is 0.712. The molecule has 0 saturated carbocycles. The highest BCUT2D eigenvalue weighted by Crippen LogP contribution is 2.26. The van der Waals surface area contributed by atoms with Gasteiger partial charge in [0.25, 0.3) is 5.56 Å². The number of hydrogen-bond acceptors (Lipinski definition) is 2. The molecule has 15 heavy (non-hydrogen) atoms. The fraction of sp³-hybridized carbons (Fsp3) is 0.333. The van der Waals surface area contributed by atoms with Crippen LogP contribution in [0.25, 0.3) is 10.9 Å². The van der Waals surface area contributed by atoms with Crippen LogP contribution in [0.1, 0.15) is 26.3 Å². The van der Waals surface area contributed by atoms with Crippen molar-refractivity contribution in [2.24, 2.45) is 0 Å². The largest absolute Gasteiger partial charge is 0.313 e. The van der Waals surface area contributed by atoms with Crippen LogP contribution in [0.2, 0.25) is 0 Å². The molecule has 1 aromatic heterocycles. The molecule has 1 aromatic carbocycles. The summed E-state index contributed by atoms with van der Waals surface area (Å²) < 4.78 is 0. The second kappa shape index (κ2) is 3.19. The van der Waals surface area contributed by atoms with Crippen molar-refractivity contribution in [3.05, 3.63) is 40.4 Å². The number of H-pyrrole nitrogens is 1. The van der Waals surface area contributed by atoms with Gasteiger partial charge in [-0.25, -0.2) is 4.98 Å². The Morgan fingerprint density at radius 1 is 1.27 bits per heavy atom. The third kappa shape index (κ3) is 1.65. The van der Waals surface area contributed by atoms with Gasteiger partial charge in [0.1, 0.15) is 0 Å². The summed E-state index contributed by atoms with van der Waals surface area (Å²) in [4.78, 5) is 18.5. The van der Waals surface area contributed by atoms with Crippen molar-refractivity contribution in [1.82, 2.24) is 9.97 Å². The fourth-order valence-electron chi connectivity index (χ4n) is 1.74. The number of aromatic amines is 1. The van der Waals surface area contributed by atoms with E-state index >= 15 is 0 Å². The Morgan fingerprint density at radius 3 is 2.67 bits per heavy atom. The fourth-order valence-corrected chi connectivity index (χ4v) is 1.74. The summed E-state index contributed by atoms with van der Waals surface area (Å²) in [5, 5.41) is 0.701. The van der Waals surface area contributed by atoms with Gasteiger partial charge < -0.3 is 4.98 Å². The standard InChI is InChI=1S/C12H14N2O/c1-12(2,3)8-5-4-6-9-10(8)11(15)14-7-13-9/h4-7H,1-3H3,(H,13,14,15). The van der Waals surface area contributed by atoms with Crippen molar-refractivity contribution in [2.45, 2.75) is 26.2 Å². The molecule has 0 amide bonds. The third-order valence-electron chi connectivity index (χ3n) is 2.48. The first-order valence-corrected chi connectivity index (χ1v) is 4.97. The molecule has 0 bridgehead atoms. The lowest BCUT2D eigenvalue weighted by Gasteiger charge is -2.20. The summed E-state index contributed by atoms with van der Waals surface area (Å²) in [5.74, 6) is 0. The van der Waals surface area contributed by atoms with Gasteiger partial charge in [-0.05, 0) is 17.0 Å². The lowest BCUT2D eigenvalue weighted by atomic mass is 9.85. The van der Waals surface area contributed by atoms with Crippen molar-refractivity contribution >= 4 is 10.9 Å². The van der Waals surface area contributed by atoms with Crippen molar-refractivity contribution < 1.29 is 0 Å². The topological polar surface area (TPSA) is 45.8 Å². The van der Waals surface area contributed by atoms with Crippen molar-refractivity contribution in [3.63, 3.8) is 0 Å². The molecule has 78 valence electrons. The maximum absolute atomic E-state index is 11.8. The molecule has 0 aliphatic carbocycles. The van der Waals surface area contributed by atoms with E-state index in [9.17, 15) is 4.79 Å². The molecule has 1 N–H and O–H groups in total. The number of hydrogen-bond donors (Lipinski definition) is 1. The van der Waals surface area contributed by atoms with E-state index in [1.165, 1.54) is 6.33 Å². The first kappa shape index (κ1) is 9.90. The molecular formula is C12H14N2O. The van der Waals surface area contributed by atoms with Crippen molar-refractivity contribution in [1.29, 1.82) is 0 Å². The minimum absolute atomic E-state index is 0.0461. The van der Waals surface area contributed by atoms with Gasteiger partial charge in [0.2, 0.25) is 0 Å². The third-order valence-corrected chi connectivity index (χ3v) is 2.48. The van der Waals surface area contributed by atoms with Crippen LogP contribution in [0.5, 0.6) is 0 Å². The number of rotatable bonds is 0. The van der Waals surface area contributed by atoms with Gasteiger partial charge in [-0.15, -0.1) is 0 Å². The Kier molecular flexibility index (Phi) is 2.11. The number of nitrogens with one attached hydrogen (secondary N) is 1. The van der Waals surface area contributed by atoms with Crippen molar-refractivity contribution in [3.8, 4) is 0 Å². The van der Waals surface area contributed by atoms with E-state index in [0.717, 1.165) is 11.1 Å². The molecule has 0 fully saturated rings. The highest BCUT2D eigenvalue weighted by molar-refractivity contribution is 5.81. The van der Waals surface area contributed by atoms with Gasteiger partial charge in [-0.2, -0.15) is 0 Å². The van der Waals surface area contributed by atoms with E-state index < -0.39 is 0 Å². The highest BCUT2D eigenvalue weighted by Gasteiger charge is 2.18. The lowest BCUT2D eigenvalue weighted by Crippen LogP contribution is -2.17. The van der Waals surface area contributed by atoms with E-state index in [4.69, 9.17) is 0 Å². The molecule has 0 unspecified atom stereocenters. The molecule has 2 rings (SSSR count). The Balaban J connectivity index is 2.93. The second-order valence-corrected chi connectivity index (χ2v) is 4.68. The van der Waals surface area contributed by atoms with Crippen LogP contribution in [0.15, 0.2) is 29.3 Å². The first-order chi connectivity index (χ1) is 7.00. The van der Waals surface area contributed by atoms with Crippen LogP contribution in [0, 0.1) is 0 Å². The zero-order chi connectivity index (χ0) is 11.1. The van der Waals surface area contributed by atoms with E-state index in [1.807, 2.05) is 18.2 Å². The van der Waals surface area contributed by atoms with E-state index in [0.29, 0.717) is 5.39 Å². The Hall–Kier alpha value is -1.64. The summed E-state index contributed by atoms with van der Waals surface area (Å²) in [6, 6.07) is 5.79. The van der Waals surface area contributed by atoms with E-state index in [1.54, 1.807) is 0 Å².